The molecule has 2 aromatic carbocycles. The van der Waals surface area contributed by atoms with Crippen LogP contribution < -0.4 is 4.74 Å². The van der Waals surface area contributed by atoms with Crippen LogP contribution in [0.3, 0.4) is 0 Å². The highest BCUT2D eigenvalue weighted by Crippen LogP contribution is 2.38. The maximum Gasteiger partial charge on any atom is 0.141 e. The largest absolute Gasteiger partial charge is 0.496 e. The maximum absolute atomic E-state index is 13.5. The minimum absolute atomic E-state index is 0.273. The van der Waals surface area contributed by atoms with Gasteiger partial charge in [-0.15, -0.1) is 11.6 Å². The fourth-order valence-corrected chi connectivity index (χ4v) is 2.96. The predicted octanol–water partition coefficient (Wildman–Crippen LogP) is 5.83. The molecule has 0 heterocycles. The summed E-state index contributed by atoms with van der Waals surface area (Å²) >= 11 is 12.7. The Bertz CT molecular complexity index is 629. The molecule has 1 atom stereocenters. The minimum atomic E-state index is -0.658. The average Bonchev–Trinajstić information content (AvgIpc) is 2.39. The minimum Gasteiger partial charge on any atom is -0.496 e. The normalized spacial score (nSPS) is 12.3. The molecule has 1 nitrogen and oxygen atoms in total. The number of alkyl halides is 1. The van der Waals surface area contributed by atoms with Gasteiger partial charge in [-0.2, -0.15) is 0 Å². The van der Waals surface area contributed by atoms with Gasteiger partial charge >= 0.3 is 0 Å². The van der Waals surface area contributed by atoms with Gasteiger partial charge in [-0.1, -0.05) is 15.9 Å². The van der Waals surface area contributed by atoms with Gasteiger partial charge in [-0.3, -0.25) is 0 Å². The predicted molar refractivity (Wildman–Crippen MR) is 82.4 cm³/mol. The first-order valence-electron chi connectivity index (χ1n) is 5.55. The average molecular weight is 426 g/mol. The van der Waals surface area contributed by atoms with Crippen LogP contribution in [0, 0.1) is 11.6 Å². The summed E-state index contributed by atoms with van der Waals surface area (Å²) in [6.07, 6.45) is 0. The van der Waals surface area contributed by atoms with E-state index in [0.717, 1.165) is 0 Å². The van der Waals surface area contributed by atoms with Crippen molar-refractivity contribution in [1.82, 2.24) is 0 Å². The monoisotopic (exact) mass is 424 g/mol. The molecule has 0 N–H and O–H groups in total. The maximum atomic E-state index is 13.5. The van der Waals surface area contributed by atoms with E-state index in [4.69, 9.17) is 16.3 Å². The lowest BCUT2D eigenvalue weighted by atomic mass is 10.0. The van der Waals surface area contributed by atoms with Crippen LogP contribution in [0.25, 0.3) is 0 Å². The Balaban J connectivity index is 2.52. The Morgan fingerprint density at radius 2 is 1.80 bits per heavy atom. The fraction of sp³-hybridized carbons (Fsp3) is 0.143. The second-order valence-corrected chi connectivity index (χ2v) is 6.28. The van der Waals surface area contributed by atoms with Crippen molar-refractivity contribution in [2.24, 2.45) is 0 Å². The summed E-state index contributed by atoms with van der Waals surface area (Å²) in [4.78, 5) is 0. The first-order valence-corrected chi connectivity index (χ1v) is 7.57. The lowest BCUT2D eigenvalue weighted by molar-refractivity contribution is 0.406. The molecule has 0 radical (unpaired) electrons. The summed E-state index contributed by atoms with van der Waals surface area (Å²) in [5.41, 5.74) is 1.11. The second-order valence-electron chi connectivity index (χ2n) is 4.07. The smallest absolute Gasteiger partial charge is 0.141 e. The molecule has 0 saturated carbocycles. The Kier molecular flexibility index (Phi) is 5.04. The molecule has 0 spiro atoms. The highest BCUT2D eigenvalue weighted by molar-refractivity contribution is 9.10. The van der Waals surface area contributed by atoms with Crippen molar-refractivity contribution in [3.8, 4) is 5.75 Å². The van der Waals surface area contributed by atoms with E-state index in [1.54, 1.807) is 6.07 Å². The quantitative estimate of drug-likeness (QED) is 0.562. The molecule has 106 valence electrons. The van der Waals surface area contributed by atoms with Gasteiger partial charge in [0.2, 0.25) is 0 Å². The summed E-state index contributed by atoms with van der Waals surface area (Å²) < 4.78 is 32.9. The number of hydrogen-bond acceptors (Lipinski definition) is 1. The lowest BCUT2D eigenvalue weighted by Crippen LogP contribution is -1.99. The third-order valence-corrected chi connectivity index (χ3v) is 4.28. The Hall–Kier alpha value is -0.650. The molecule has 1 unspecified atom stereocenters. The van der Waals surface area contributed by atoms with Crippen molar-refractivity contribution in [2.45, 2.75) is 5.38 Å². The number of hydrogen-bond donors (Lipinski definition) is 0. The summed E-state index contributed by atoms with van der Waals surface area (Å²) in [6, 6.07) is 7.15. The highest BCUT2D eigenvalue weighted by atomic mass is 79.9. The zero-order valence-electron chi connectivity index (χ0n) is 10.3. The molecule has 0 amide bonds. The number of rotatable bonds is 3. The SMILES string of the molecule is COc1cc(F)c(Br)cc1C(Cl)c1cc(F)cc(Br)c1. The first kappa shape index (κ1) is 15.7. The third-order valence-electron chi connectivity index (χ3n) is 2.72. The van der Waals surface area contributed by atoms with Crippen LogP contribution in [-0.4, -0.2) is 7.11 Å². The fourth-order valence-electron chi connectivity index (χ4n) is 1.82. The van der Waals surface area contributed by atoms with E-state index >= 15 is 0 Å². The summed E-state index contributed by atoms with van der Waals surface area (Å²) in [7, 11) is 1.43. The van der Waals surface area contributed by atoms with Gasteiger partial charge in [0.15, 0.2) is 0 Å². The molecule has 20 heavy (non-hydrogen) atoms. The van der Waals surface area contributed by atoms with Crippen LogP contribution in [-0.2, 0) is 0 Å². The molecule has 6 heteroatoms. The standard InChI is InChI=1S/C14H9Br2ClF2O/c1-20-13-6-12(19)11(16)5-10(13)14(17)7-2-8(15)4-9(18)3-7/h2-6,14H,1H3. The van der Waals surface area contributed by atoms with E-state index in [0.29, 0.717) is 21.3 Å². The van der Waals surface area contributed by atoms with E-state index in [1.165, 1.54) is 31.4 Å². The van der Waals surface area contributed by atoms with Gasteiger partial charge in [0.05, 0.1) is 17.0 Å². The van der Waals surface area contributed by atoms with Gasteiger partial charge in [-0.25, -0.2) is 8.78 Å². The van der Waals surface area contributed by atoms with E-state index < -0.39 is 17.0 Å². The van der Waals surface area contributed by atoms with Gasteiger partial charge in [0.25, 0.3) is 0 Å². The molecule has 0 fully saturated rings. The van der Waals surface area contributed by atoms with Gasteiger partial charge in [-0.05, 0) is 45.8 Å². The number of benzene rings is 2. The first-order chi connectivity index (χ1) is 9.42. The lowest BCUT2D eigenvalue weighted by Gasteiger charge is -2.16. The van der Waals surface area contributed by atoms with E-state index in [1.807, 2.05) is 0 Å². The highest BCUT2D eigenvalue weighted by Gasteiger charge is 2.19. The molecule has 0 aliphatic heterocycles. The Morgan fingerprint density at radius 1 is 1.10 bits per heavy atom. The van der Waals surface area contributed by atoms with Crippen LogP contribution in [0.2, 0.25) is 0 Å². The third kappa shape index (κ3) is 3.32. The van der Waals surface area contributed by atoms with Crippen molar-refractivity contribution >= 4 is 43.5 Å². The molecule has 0 saturated heterocycles. The van der Waals surface area contributed by atoms with Gasteiger partial charge in [0, 0.05) is 16.1 Å². The summed E-state index contributed by atoms with van der Waals surface area (Å²) in [5, 5.41) is -0.658. The molecule has 2 aromatic rings. The molecule has 0 bridgehead atoms. The van der Waals surface area contributed by atoms with Gasteiger partial charge in [0.1, 0.15) is 17.4 Å². The molecule has 0 aliphatic rings. The van der Waals surface area contributed by atoms with Crippen molar-refractivity contribution < 1.29 is 13.5 Å². The van der Waals surface area contributed by atoms with Crippen LogP contribution >= 0.6 is 43.5 Å². The molecular weight excluding hydrogens is 417 g/mol. The van der Waals surface area contributed by atoms with Crippen LogP contribution in [0.5, 0.6) is 5.75 Å². The van der Waals surface area contributed by atoms with Crippen molar-refractivity contribution in [3.63, 3.8) is 0 Å². The second kappa shape index (κ2) is 6.41. The van der Waals surface area contributed by atoms with E-state index in [9.17, 15) is 8.78 Å². The topological polar surface area (TPSA) is 9.23 Å². The van der Waals surface area contributed by atoms with Gasteiger partial charge < -0.3 is 4.74 Å². The Labute approximate surface area is 137 Å². The van der Waals surface area contributed by atoms with E-state index in [2.05, 4.69) is 31.9 Å². The van der Waals surface area contributed by atoms with Crippen LogP contribution in [0.1, 0.15) is 16.5 Å². The summed E-state index contributed by atoms with van der Waals surface area (Å²) in [5.74, 6) is -0.541. The van der Waals surface area contributed by atoms with Crippen LogP contribution in [0.15, 0.2) is 39.3 Å². The zero-order valence-corrected chi connectivity index (χ0v) is 14.2. The molecule has 0 aliphatic carbocycles. The number of methoxy groups -OCH3 is 1. The Morgan fingerprint density at radius 3 is 2.40 bits per heavy atom. The molecular formula is C14H9Br2ClF2O. The van der Waals surface area contributed by atoms with Crippen molar-refractivity contribution in [1.29, 1.82) is 0 Å². The summed E-state index contributed by atoms with van der Waals surface area (Å²) in [6.45, 7) is 0. The number of ether oxygens (including phenoxy) is 1. The zero-order chi connectivity index (χ0) is 14.9. The van der Waals surface area contributed by atoms with Crippen LogP contribution in [0.4, 0.5) is 8.78 Å². The molecule has 0 aromatic heterocycles. The molecule has 2 rings (SSSR count). The van der Waals surface area contributed by atoms with Crippen molar-refractivity contribution in [2.75, 3.05) is 7.11 Å². The van der Waals surface area contributed by atoms with E-state index in [-0.39, 0.29) is 4.47 Å². The number of halogens is 5. The van der Waals surface area contributed by atoms with Crippen molar-refractivity contribution in [3.05, 3.63) is 62.0 Å².